The van der Waals surface area contributed by atoms with Crippen molar-refractivity contribution in [3.63, 3.8) is 0 Å². The lowest BCUT2D eigenvalue weighted by atomic mass is 10.8. The fraction of sp³-hybridized carbons (Fsp3) is 1.00. The lowest BCUT2D eigenvalue weighted by Crippen LogP contribution is -2.25. The van der Waals surface area contributed by atoms with Crippen LogP contribution in [-0.2, 0) is 10.1 Å². The lowest BCUT2D eigenvalue weighted by Gasteiger charge is -2.08. The van der Waals surface area contributed by atoms with Crippen molar-refractivity contribution in [2.75, 3.05) is 0 Å². The van der Waals surface area contributed by atoms with E-state index in [9.17, 15) is 13.0 Å². The first kappa shape index (κ1) is 6.87. The van der Waals surface area contributed by atoms with Crippen LogP contribution in [0.5, 0.6) is 0 Å². The summed E-state index contributed by atoms with van der Waals surface area (Å²) in [7, 11) is -4.21. The van der Waals surface area contributed by atoms with Gasteiger partial charge in [0.15, 0.2) is 0 Å². The molecule has 0 bridgehead atoms. The maximum absolute atomic E-state index is 9.65. The largest absolute Gasteiger partial charge is 0.747 e. The molecule has 0 aromatic rings. The Kier molecular flexibility index (Phi) is 1.74. The van der Waals surface area contributed by atoms with E-state index in [0.717, 1.165) is 6.92 Å². The molecule has 0 rings (SSSR count). The summed E-state index contributed by atoms with van der Waals surface area (Å²) in [5.74, 6) is 0. The van der Waals surface area contributed by atoms with Crippen LogP contribution in [-0.4, -0.2) is 18.3 Å². The summed E-state index contributed by atoms with van der Waals surface area (Å²) in [6.45, 7) is 1.13. The van der Waals surface area contributed by atoms with Gasteiger partial charge in [-0.05, 0) is 6.92 Å². The number of rotatable bonds is 1. The summed E-state index contributed by atoms with van der Waals surface area (Å²) in [5.41, 5.74) is 4.67. The fourth-order valence-corrected chi connectivity index (χ4v) is 0. The van der Waals surface area contributed by atoms with Crippen LogP contribution in [0, 0.1) is 0 Å². The molecule has 1 unspecified atom stereocenters. The SMILES string of the molecule is CC(N)S(=O)(=O)[O-]. The first-order chi connectivity index (χ1) is 2.94. The van der Waals surface area contributed by atoms with E-state index in [4.69, 9.17) is 0 Å². The maximum Gasteiger partial charge on any atom is 0.110 e. The van der Waals surface area contributed by atoms with Crippen molar-refractivity contribution in [2.45, 2.75) is 12.3 Å². The normalized spacial score (nSPS) is 16.4. The Balaban J connectivity index is 4.10. The lowest BCUT2D eigenvalue weighted by molar-refractivity contribution is 0.452. The molecule has 4 nitrogen and oxygen atoms in total. The van der Waals surface area contributed by atoms with E-state index in [2.05, 4.69) is 5.73 Å². The molecule has 0 amide bonds. The van der Waals surface area contributed by atoms with Crippen molar-refractivity contribution in [1.29, 1.82) is 0 Å². The third-order valence-corrected chi connectivity index (χ3v) is 1.37. The molecule has 2 N–H and O–H groups in total. The van der Waals surface area contributed by atoms with E-state index in [0.29, 0.717) is 0 Å². The zero-order valence-corrected chi connectivity index (χ0v) is 4.60. The minimum absolute atomic E-state index is 1.13. The molecule has 1 atom stereocenters. The van der Waals surface area contributed by atoms with Gasteiger partial charge in [-0.2, -0.15) is 0 Å². The quantitative estimate of drug-likeness (QED) is 0.447. The zero-order chi connectivity index (χ0) is 6.08. The molecule has 7 heavy (non-hydrogen) atoms. The second-order valence-corrected chi connectivity index (χ2v) is 2.93. The minimum atomic E-state index is -4.21. The molecule has 0 spiro atoms. The van der Waals surface area contributed by atoms with Crippen molar-refractivity contribution in [3.8, 4) is 0 Å². The molecular formula is C2H6NO3S-. The second kappa shape index (κ2) is 1.77. The van der Waals surface area contributed by atoms with Gasteiger partial charge in [-0.1, -0.05) is 0 Å². The van der Waals surface area contributed by atoms with Gasteiger partial charge in [0.1, 0.15) is 10.1 Å². The standard InChI is InChI=1S/C2H7NO3S/c1-2(3)7(4,5)6/h2H,3H2,1H3,(H,4,5,6)/p-1. The average Bonchev–Trinajstić information content (AvgIpc) is 1.31. The summed E-state index contributed by atoms with van der Waals surface area (Å²) in [6, 6.07) is 0. The van der Waals surface area contributed by atoms with Crippen molar-refractivity contribution >= 4 is 10.1 Å². The first-order valence-electron chi connectivity index (χ1n) is 1.65. The number of hydrogen-bond donors (Lipinski definition) is 1. The van der Waals surface area contributed by atoms with E-state index in [1.807, 2.05) is 0 Å². The van der Waals surface area contributed by atoms with Crippen LogP contribution in [0.2, 0.25) is 0 Å². The predicted octanol–water partition coefficient (Wildman–Crippen LogP) is -1.16. The molecule has 0 aromatic heterocycles. The Morgan fingerprint density at radius 1 is 1.71 bits per heavy atom. The van der Waals surface area contributed by atoms with Crippen LogP contribution in [0.1, 0.15) is 6.92 Å². The zero-order valence-electron chi connectivity index (χ0n) is 3.79. The summed E-state index contributed by atoms with van der Waals surface area (Å²) in [6.07, 6.45) is 0. The Morgan fingerprint density at radius 2 is 1.86 bits per heavy atom. The Labute approximate surface area is 42.1 Å². The Morgan fingerprint density at radius 3 is 1.86 bits per heavy atom. The van der Waals surface area contributed by atoms with Gasteiger partial charge in [-0.15, -0.1) is 0 Å². The van der Waals surface area contributed by atoms with Gasteiger partial charge in [0.05, 0.1) is 5.37 Å². The molecule has 0 saturated heterocycles. The summed E-state index contributed by atoms with van der Waals surface area (Å²) >= 11 is 0. The maximum atomic E-state index is 9.65. The summed E-state index contributed by atoms with van der Waals surface area (Å²) in [4.78, 5) is 0. The molecule has 0 aromatic carbocycles. The number of nitrogens with two attached hydrogens (primary N) is 1. The highest BCUT2D eigenvalue weighted by molar-refractivity contribution is 7.86. The molecular weight excluding hydrogens is 118 g/mol. The molecule has 0 saturated carbocycles. The van der Waals surface area contributed by atoms with E-state index < -0.39 is 15.5 Å². The molecule has 44 valence electrons. The van der Waals surface area contributed by atoms with E-state index in [-0.39, 0.29) is 0 Å². The molecule has 0 heterocycles. The van der Waals surface area contributed by atoms with E-state index >= 15 is 0 Å². The van der Waals surface area contributed by atoms with Gasteiger partial charge in [-0.25, -0.2) is 8.42 Å². The highest BCUT2D eigenvalue weighted by atomic mass is 32.2. The third-order valence-electron chi connectivity index (χ3n) is 0.455. The monoisotopic (exact) mass is 124 g/mol. The van der Waals surface area contributed by atoms with Crippen LogP contribution in [0.25, 0.3) is 0 Å². The molecule has 0 aliphatic heterocycles. The van der Waals surface area contributed by atoms with Crippen LogP contribution >= 0.6 is 0 Å². The third kappa shape index (κ3) is 2.55. The molecule has 0 aliphatic carbocycles. The van der Waals surface area contributed by atoms with Gasteiger partial charge >= 0.3 is 0 Å². The van der Waals surface area contributed by atoms with Crippen LogP contribution in [0.3, 0.4) is 0 Å². The van der Waals surface area contributed by atoms with Crippen molar-refractivity contribution in [2.24, 2.45) is 5.73 Å². The van der Waals surface area contributed by atoms with E-state index in [1.165, 1.54) is 0 Å². The van der Waals surface area contributed by atoms with Crippen molar-refractivity contribution in [3.05, 3.63) is 0 Å². The van der Waals surface area contributed by atoms with Gasteiger partial charge in [0.2, 0.25) is 0 Å². The van der Waals surface area contributed by atoms with Crippen LogP contribution < -0.4 is 5.73 Å². The summed E-state index contributed by atoms with van der Waals surface area (Å²) in [5, 5.41) is -1.28. The van der Waals surface area contributed by atoms with Gasteiger partial charge in [0, 0.05) is 0 Å². The first-order valence-corrected chi connectivity index (χ1v) is 3.12. The van der Waals surface area contributed by atoms with Gasteiger partial charge in [0.25, 0.3) is 0 Å². The Bertz CT molecular complexity index is 135. The average molecular weight is 124 g/mol. The van der Waals surface area contributed by atoms with Crippen LogP contribution in [0.4, 0.5) is 0 Å². The number of hydrogen-bond acceptors (Lipinski definition) is 4. The van der Waals surface area contributed by atoms with Gasteiger partial charge < -0.3 is 10.3 Å². The molecule has 0 radical (unpaired) electrons. The smallest absolute Gasteiger partial charge is 0.110 e. The van der Waals surface area contributed by atoms with Crippen molar-refractivity contribution in [1.82, 2.24) is 0 Å². The Hall–Kier alpha value is -0.130. The van der Waals surface area contributed by atoms with Crippen LogP contribution in [0.15, 0.2) is 0 Å². The fourth-order valence-electron chi connectivity index (χ4n) is 0. The highest BCUT2D eigenvalue weighted by Gasteiger charge is 1.98. The van der Waals surface area contributed by atoms with Gasteiger partial charge in [-0.3, -0.25) is 0 Å². The van der Waals surface area contributed by atoms with E-state index in [1.54, 1.807) is 0 Å². The minimum Gasteiger partial charge on any atom is -0.747 e. The summed E-state index contributed by atoms with van der Waals surface area (Å²) < 4.78 is 29.0. The second-order valence-electron chi connectivity index (χ2n) is 1.20. The molecule has 5 heteroatoms. The highest BCUT2D eigenvalue weighted by Crippen LogP contribution is 1.84. The topological polar surface area (TPSA) is 83.2 Å². The predicted molar refractivity (Wildman–Crippen MR) is 23.3 cm³/mol. The van der Waals surface area contributed by atoms with Crippen molar-refractivity contribution < 1.29 is 13.0 Å². The molecule has 0 fully saturated rings. The molecule has 0 aliphatic rings.